The zero-order valence-electron chi connectivity index (χ0n) is 12.6. The lowest BCUT2D eigenvalue weighted by Gasteiger charge is -2.13. The molecule has 0 fully saturated rings. The van der Waals surface area contributed by atoms with Gasteiger partial charge in [-0.3, -0.25) is 0 Å². The zero-order valence-corrected chi connectivity index (χ0v) is 12.6. The quantitative estimate of drug-likeness (QED) is 0.683. The van der Waals surface area contributed by atoms with Crippen molar-refractivity contribution in [2.24, 2.45) is 0 Å². The summed E-state index contributed by atoms with van der Waals surface area (Å²) in [6.45, 7) is 0. The first-order valence-corrected chi connectivity index (χ1v) is 7.48. The van der Waals surface area contributed by atoms with Gasteiger partial charge >= 0.3 is 0 Å². The fraction of sp³-hybridized carbons (Fsp3) is 0.100. The van der Waals surface area contributed by atoms with Crippen molar-refractivity contribution >= 4 is 0 Å². The Balaban J connectivity index is 1.94. The lowest BCUT2D eigenvalue weighted by Crippen LogP contribution is -1.98. The molecule has 3 heteroatoms. The van der Waals surface area contributed by atoms with Gasteiger partial charge in [0.05, 0.1) is 0 Å². The highest BCUT2D eigenvalue weighted by molar-refractivity contribution is 5.47. The van der Waals surface area contributed by atoms with Crippen molar-refractivity contribution < 1.29 is 15.3 Å². The smallest absolute Gasteiger partial charge is 0.122 e. The summed E-state index contributed by atoms with van der Waals surface area (Å²) in [5.41, 5.74) is 3.63. The van der Waals surface area contributed by atoms with Crippen LogP contribution in [0.1, 0.15) is 22.3 Å². The molecule has 0 radical (unpaired) electrons. The van der Waals surface area contributed by atoms with Gasteiger partial charge in [-0.1, -0.05) is 48.5 Å². The van der Waals surface area contributed by atoms with E-state index in [2.05, 4.69) is 0 Å². The molecule has 0 atom stereocenters. The van der Waals surface area contributed by atoms with E-state index >= 15 is 0 Å². The summed E-state index contributed by atoms with van der Waals surface area (Å²) in [5, 5.41) is 29.6. The third kappa shape index (κ3) is 3.46. The van der Waals surface area contributed by atoms with Crippen molar-refractivity contribution in [1.82, 2.24) is 0 Å². The van der Waals surface area contributed by atoms with Crippen molar-refractivity contribution in [1.29, 1.82) is 0 Å². The first kappa shape index (κ1) is 15.0. The van der Waals surface area contributed by atoms with Gasteiger partial charge < -0.3 is 15.3 Å². The van der Waals surface area contributed by atoms with Gasteiger partial charge in [-0.05, 0) is 28.8 Å². The Morgan fingerprint density at radius 2 is 1.39 bits per heavy atom. The Morgan fingerprint density at radius 3 is 2.13 bits per heavy atom. The molecular formula is C20H18O3. The molecule has 0 unspecified atom stereocenters. The van der Waals surface area contributed by atoms with Gasteiger partial charge in [0.1, 0.15) is 17.2 Å². The van der Waals surface area contributed by atoms with Crippen LogP contribution < -0.4 is 0 Å². The molecule has 0 saturated heterocycles. The van der Waals surface area contributed by atoms with Crippen LogP contribution in [0.15, 0.2) is 66.7 Å². The zero-order chi connectivity index (χ0) is 16.2. The van der Waals surface area contributed by atoms with Gasteiger partial charge in [0.25, 0.3) is 0 Å². The Hall–Kier alpha value is -2.94. The molecule has 3 rings (SSSR count). The summed E-state index contributed by atoms with van der Waals surface area (Å²) in [7, 11) is 0. The van der Waals surface area contributed by atoms with E-state index in [0.29, 0.717) is 18.4 Å². The molecule has 3 aromatic carbocycles. The van der Waals surface area contributed by atoms with E-state index in [1.165, 1.54) is 6.07 Å². The highest BCUT2D eigenvalue weighted by Gasteiger charge is 2.11. The molecule has 3 aromatic rings. The molecule has 0 aliphatic heterocycles. The summed E-state index contributed by atoms with van der Waals surface area (Å²) in [4.78, 5) is 0. The topological polar surface area (TPSA) is 60.7 Å². The second-order valence-corrected chi connectivity index (χ2v) is 5.57. The number of benzene rings is 3. The summed E-state index contributed by atoms with van der Waals surface area (Å²) < 4.78 is 0. The highest BCUT2D eigenvalue weighted by atomic mass is 16.3. The molecule has 0 bridgehead atoms. The van der Waals surface area contributed by atoms with Crippen LogP contribution in [0.5, 0.6) is 17.2 Å². The molecule has 0 saturated carbocycles. The van der Waals surface area contributed by atoms with E-state index < -0.39 is 0 Å². The summed E-state index contributed by atoms with van der Waals surface area (Å²) in [5.74, 6) is 0.343. The van der Waals surface area contributed by atoms with Crippen molar-refractivity contribution in [3.8, 4) is 17.2 Å². The first-order valence-electron chi connectivity index (χ1n) is 7.48. The van der Waals surface area contributed by atoms with Crippen LogP contribution in [0.25, 0.3) is 0 Å². The van der Waals surface area contributed by atoms with Crippen LogP contribution in [0, 0.1) is 0 Å². The summed E-state index contributed by atoms with van der Waals surface area (Å²) in [6, 6.07) is 20.0. The number of hydrogen-bond acceptors (Lipinski definition) is 3. The minimum absolute atomic E-state index is 0.0340. The minimum Gasteiger partial charge on any atom is -0.508 e. The minimum atomic E-state index is 0.0340. The molecule has 3 nitrogen and oxygen atoms in total. The predicted molar refractivity (Wildman–Crippen MR) is 89.9 cm³/mol. The maximum atomic E-state index is 10.2. The maximum Gasteiger partial charge on any atom is 0.122 e. The predicted octanol–water partition coefficient (Wildman–Crippen LogP) is 3.99. The van der Waals surface area contributed by atoms with E-state index in [4.69, 9.17) is 0 Å². The van der Waals surface area contributed by atoms with Crippen molar-refractivity contribution in [2.75, 3.05) is 0 Å². The van der Waals surface area contributed by atoms with E-state index in [0.717, 1.165) is 16.7 Å². The molecule has 0 amide bonds. The monoisotopic (exact) mass is 306 g/mol. The van der Waals surface area contributed by atoms with Crippen LogP contribution in [0.2, 0.25) is 0 Å². The third-order valence-corrected chi connectivity index (χ3v) is 3.92. The number of phenolic OH excluding ortho intramolecular Hbond substituents is 3. The van der Waals surface area contributed by atoms with Crippen molar-refractivity contribution in [3.63, 3.8) is 0 Å². The first-order chi connectivity index (χ1) is 11.1. The Kier molecular flexibility index (Phi) is 4.20. The molecule has 0 aliphatic rings. The Morgan fingerprint density at radius 1 is 0.609 bits per heavy atom. The van der Waals surface area contributed by atoms with E-state index in [9.17, 15) is 15.3 Å². The molecular weight excluding hydrogens is 288 g/mol. The normalized spacial score (nSPS) is 10.6. The summed E-state index contributed by atoms with van der Waals surface area (Å²) in [6.07, 6.45) is 1.12. The van der Waals surface area contributed by atoms with Gasteiger partial charge in [-0.15, -0.1) is 0 Å². The highest BCUT2D eigenvalue weighted by Crippen LogP contribution is 2.30. The molecule has 0 heterocycles. The van der Waals surface area contributed by atoms with E-state index in [-0.39, 0.29) is 17.2 Å². The lowest BCUT2D eigenvalue weighted by molar-refractivity contribution is 0.446. The largest absolute Gasteiger partial charge is 0.508 e. The SMILES string of the molecule is Oc1ccc(Cc2cccc(O)c2Cc2ccccc2)c(O)c1. The molecule has 23 heavy (non-hydrogen) atoms. The van der Waals surface area contributed by atoms with Crippen LogP contribution >= 0.6 is 0 Å². The van der Waals surface area contributed by atoms with Gasteiger partial charge in [-0.2, -0.15) is 0 Å². The number of hydrogen-bond donors (Lipinski definition) is 3. The van der Waals surface area contributed by atoms with Crippen LogP contribution in [-0.4, -0.2) is 15.3 Å². The van der Waals surface area contributed by atoms with Gasteiger partial charge in [0.15, 0.2) is 0 Å². The maximum absolute atomic E-state index is 10.2. The number of aromatic hydroxyl groups is 3. The van der Waals surface area contributed by atoms with Gasteiger partial charge in [0, 0.05) is 24.5 Å². The van der Waals surface area contributed by atoms with Crippen molar-refractivity contribution in [2.45, 2.75) is 12.8 Å². The van der Waals surface area contributed by atoms with Crippen LogP contribution in [0.4, 0.5) is 0 Å². The molecule has 0 spiro atoms. The van der Waals surface area contributed by atoms with Gasteiger partial charge in [0.2, 0.25) is 0 Å². The Bertz CT molecular complexity index is 810. The average molecular weight is 306 g/mol. The van der Waals surface area contributed by atoms with Crippen LogP contribution in [0.3, 0.4) is 0 Å². The average Bonchev–Trinajstić information content (AvgIpc) is 2.54. The second-order valence-electron chi connectivity index (χ2n) is 5.57. The number of rotatable bonds is 4. The molecule has 116 valence electrons. The number of phenols is 3. The van der Waals surface area contributed by atoms with Gasteiger partial charge in [-0.25, -0.2) is 0 Å². The Labute approximate surface area is 135 Å². The molecule has 0 aliphatic carbocycles. The van der Waals surface area contributed by atoms with Crippen LogP contribution in [-0.2, 0) is 12.8 Å². The fourth-order valence-corrected chi connectivity index (χ4v) is 2.70. The molecule has 3 N–H and O–H groups in total. The summed E-state index contributed by atoms with van der Waals surface area (Å²) >= 11 is 0. The van der Waals surface area contributed by atoms with E-state index in [1.54, 1.807) is 24.3 Å². The van der Waals surface area contributed by atoms with E-state index in [1.807, 2.05) is 36.4 Å². The lowest BCUT2D eigenvalue weighted by atomic mass is 9.94. The fourth-order valence-electron chi connectivity index (χ4n) is 2.70. The molecule has 0 aromatic heterocycles. The third-order valence-electron chi connectivity index (χ3n) is 3.92. The standard InChI is InChI=1S/C20H18O3/c21-17-10-9-16(20(23)13-17)12-15-7-4-8-19(22)18(15)11-14-5-2-1-3-6-14/h1-10,13,21-23H,11-12H2. The second kappa shape index (κ2) is 6.44. The van der Waals surface area contributed by atoms with Crippen molar-refractivity contribution in [3.05, 3.63) is 89.0 Å².